The predicted molar refractivity (Wildman–Crippen MR) is 130 cm³/mol. The maximum Gasteiger partial charge on any atom is 0.407 e. The van der Waals surface area contributed by atoms with E-state index in [9.17, 15) is 18.3 Å². The second kappa shape index (κ2) is 9.37. The Labute approximate surface area is 203 Å². The van der Waals surface area contributed by atoms with E-state index in [1.807, 2.05) is 30.3 Å². The van der Waals surface area contributed by atoms with Crippen molar-refractivity contribution in [1.82, 2.24) is 4.90 Å². The lowest BCUT2D eigenvalue weighted by atomic mass is 9.76. The van der Waals surface area contributed by atoms with E-state index in [1.165, 1.54) is 4.90 Å². The molecule has 0 unspecified atom stereocenters. The van der Waals surface area contributed by atoms with E-state index in [2.05, 4.69) is 0 Å². The molecular weight excluding hydrogens is 481 g/mol. The highest BCUT2D eigenvalue weighted by Crippen LogP contribution is 2.44. The molecule has 0 radical (unpaired) electrons. The fraction of sp³-hybridized carbons (Fsp3) is 0.240. The predicted octanol–water partition coefficient (Wildman–Crippen LogP) is 6.54. The highest BCUT2D eigenvalue weighted by atomic mass is 35.5. The minimum Gasteiger partial charge on any atom is -0.465 e. The van der Waals surface area contributed by atoms with Gasteiger partial charge in [-0.05, 0) is 59.4 Å². The number of amides is 1. The van der Waals surface area contributed by atoms with Crippen LogP contribution in [0, 0.1) is 0 Å². The maximum atomic E-state index is 12.9. The van der Waals surface area contributed by atoms with Crippen LogP contribution in [0.15, 0.2) is 71.6 Å². The Balaban J connectivity index is 1.76. The van der Waals surface area contributed by atoms with Gasteiger partial charge in [-0.2, -0.15) is 0 Å². The molecule has 0 spiro atoms. The molecule has 1 aliphatic rings. The first-order valence-corrected chi connectivity index (χ1v) is 12.9. The summed E-state index contributed by atoms with van der Waals surface area (Å²) in [6, 6.07) is 19.0. The van der Waals surface area contributed by atoms with Crippen molar-refractivity contribution in [1.29, 1.82) is 0 Å². The summed E-state index contributed by atoms with van der Waals surface area (Å²) in [5.74, 6) is -0.154. The molecule has 0 fully saturated rings. The lowest BCUT2D eigenvalue weighted by molar-refractivity contribution is 0.132. The van der Waals surface area contributed by atoms with Gasteiger partial charge in [0.15, 0.2) is 9.84 Å². The van der Waals surface area contributed by atoms with Crippen LogP contribution < -0.4 is 0 Å². The molecule has 172 valence electrons. The molecule has 1 amide bonds. The average Bonchev–Trinajstić information content (AvgIpc) is 2.80. The van der Waals surface area contributed by atoms with Crippen LogP contribution in [0.5, 0.6) is 0 Å². The zero-order valence-corrected chi connectivity index (χ0v) is 20.2. The van der Waals surface area contributed by atoms with Gasteiger partial charge in [-0.25, -0.2) is 13.2 Å². The van der Waals surface area contributed by atoms with Crippen molar-refractivity contribution >= 4 is 39.1 Å². The molecule has 0 saturated carbocycles. The van der Waals surface area contributed by atoms with Gasteiger partial charge >= 0.3 is 6.09 Å². The number of benzene rings is 3. The van der Waals surface area contributed by atoms with Gasteiger partial charge in [-0.3, -0.25) is 0 Å². The Morgan fingerprint density at radius 3 is 2.36 bits per heavy atom. The number of nitrogens with zero attached hydrogens (tertiary/aromatic N) is 1. The highest BCUT2D eigenvalue weighted by Gasteiger charge is 2.33. The number of hydrogen-bond donors (Lipinski definition) is 1. The van der Waals surface area contributed by atoms with Gasteiger partial charge in [-0.1, -0.05) is 65.7 Å². The number of carbonyl (C=O) groups is 1. The first kappa shape index (κ1) is 23.6. The van der Waals surface area contributed by atoms with Crippen LogP contribution >= 0.6 is 23.2 Å². The Morgan fingerprint density at radius 2 is 1.70 bits per heavy atom. The van der Waals surface area contributed by atoms with Crippen LogP contribution in [-0.4, -0.2) is 31.6 Å². The largest absolute Gasteiger partial charge is 0.465 e. The molecule has 4 rings (SSSR count). The van der Waals surface area contributed by atoms with Crippen LogP contribution in [0.25, 0.3) is 0 Å². The minimum absolute atomic E-state index is 0.00740. The zero-order valence-electron chi connectivity index (χ0n) is 17.9. The van der Waals surface area contributed by atoms with Crippen molar-refractivity contribution in [2.45, 2.75) is 35.4 Å². The van der Waals surface area contributed by atoms with Crippen LogP contribution in [0.4, 0.5) is 4.79 Å². The molecule has 33 heavy (non-hydrogen) atoms. The molecule has 3 aromatic rings. The first-order chi connectivity index (χ1) is 15.7. The van der Waals surface area contributed by atoms with Gasteiger partial charge in [0, 0.05) is 13.0 Å². The summed E-state index contributed by atoms with van der Waals surface area (Å²) in [5.41, 5.74) is 3.41. The minimum atomic E-state index is -3.53. The molecule has 8 heteroatoms. The Hall–Kier alpha value is -2.54. The summed E-state index contributed by atoms with van der Waals surface area (Å²) in [6.45, 7) is 0. The Morgan fingerprint density at radius 1 is 0.970 bits per heavy atom. The number of fused-ring (bicyclic) bond motifs is 1. The van der Waals surface area contributed by atoms with E-state index in [4.69, 9.17) is 23.2 Å². The Kier molecular flexibility index (Phi) is 6.71. The molecule has 2 atom stereocenters. The maximum absolute atomic E-state index is 12.9. The van der Waals surface area contributed by atoms with Crippen LogP contribution in [0.1, 0.15) is 47.1 Å². The molecule has 0 aromatic heterocycles. The van der Waals surface area contributed by atoms with E-state index < -0.39 is 15.9 Å². The van der Waals surface area contributed by atoms with E-state index in [-0.39, 0.29) is 22.6 Å². The quantitative estimate of drug-likeness (QED) is 0.428. The molecule has 1 N–H and O–H groups in total. The van der Waals surface area contributed by atoms with E-state index in [0.29, 0.717) is 22.0 Å². The van der Waals surface area contributed by atoms with Crippen LogP contribution in [-0.2, 0) is 15.6 Å². The molecule has 0 heterocycles. The second-order valence-corrected chi connectivity index (χ2v) is 11.1. The number of rotatable bonds is 5. The number of carboxylic acid groups (broad SMARTS) is 1. The topological polar surface area (TPSA) is 74.7 Å². The van der Waals surface area contributed by atoms with Gasteiger partial charge in [0.25, 0.3) is 0 Å². The van der Waals surface area contributed by atoms with Crippen molar-refractivity contribution < 1.29 is 18.3 Å². The van der Waals surface area contributed by atoms with Crippen LogP contribution in [0.3, 0.4) is 0 Å². The standard InChI is InChI=1S/C25H23Cl2NO4S/c1-28(25(29)30)24-12-10-19(17-8-11-22(26)23(27)14-17)20-9-7-16(13-21(20)24)15-33(31,32)18-5-3-2-4-6-18/h2-9,11,13-14,19,24H,10,12,15H2,1H3,(H,29,30)/t19-,24-/m0/s1. The fourth-order valence-electron chi connectivity index (χ4n) is 4.50. The van der Waals surface area contributed by atoms with Gasteiger partial charge < -0.3 is 10.0 Å². The third-order valence-electron chi connectivity index (χ3n) is 6.19. The highest BCUT2D eigenvalue weighted by molar-refractivity contribution is 7.90. The number of sulfone groups is 1. The molecule has 0 aliphatic heterocycles. The van der Waals surface area contributed by atoms with Gasteiger partial charge in [0.2, 0.25) is 0 Å². The van der Waals surface area contributed by atoms with Crippen molar-refractivity contribution in [3.8, 4) is 0 Å². The number of halogens is 2. The van der Waals surface area contributed by atoms with Crippen molar-refractivity contribution in [3.63, 3.8) is 0 Å². The normalized spacial score (nSPS) is 17.9. The summed E-state index contributed by atoms with van der Waals surface area (Å²) >= 11 is 12.3. The second-order valence-electron chi connectivity index (χ2n) is 8.25. The third kappa shape index (κ3) is 4.88. The van der Waals surface area contributed by atoms with Crippen molar-refractivity contribution in [2.75, 3.05) is 7.05 Å². The molecule has 0 saturated heterocycles. The summed E-state index contributed by atoms with van der Waals surface area (Å²) in [6.07, 6.45) is 0.311. The molecular formula is C25H23Cl2NO4S. The zero-order chi connectivity index (χ0) is 23.8. The third-order valence-corrected chi connectivity index (χ3v) is 8.63. The van der Waals surface area contributed by atoms with Crippen LogP contribution in [0.2, 0.25) is 10.0 Å². The molecule has 5 nitrogen and oxygen atoms in total. The summed E-state index contributed by atoms with van der Waals surface area (Å²) < 4.78 is 25.8. The SMILES string of the molecule is CN(C(=O)O)[C@H]1CC[C@@H](c2ccc(Cl)c(Cl)c2)c2ccc(CS(=O)(=O)c3ccccc3)cc21. The molecule has 1 aliphatic carbocycles. The van der Waals surface area contributed by atoms with Gasteiger partial charge in [0.1, 0.15) is 0 Å². The van der Waals surface area contributed by atoms with Gasteiger partial charge in [-0.15, -0.1) is 0 Å². The Bertz CT molecular complexity index is 1300. The van der Waals surface area contributed by atoms with Crippen molar-refractivity contribution in [3.05, 3.63) is 99.0 Å². The van der Waals surface area contributed by atoms with E-state index in [1.54, 1.807) is 43.4 Å². The van der Waals surface area contributed by atoms with Crippen molar-refractivity contribution in [2.24, 2.45) is 0 Å². The summed E-state index contributed by atoms with van der Waals surface area (Å²) in [5, 5.41) is 10.5. The van der Waals surface area contributed by atoms with E-state index in [0.717, 1.165) is 23.1 Å². The smallest absolute Gasteiger partial charge is 0.407 e. The van der Waals surface area contributed by atoms with Gasteiger partial charge in [0.05, 0.1) is 26.7 Å². The summed E-state index contributed by atoms with van der Waals surface area (Å²) in [4.78, 5) is 13.3. The monoisotopic (exact) mass is 503 g/mol. The molecule has 3 aromatic carbocycles. The fourth-order valence-corrected chi connectivity index (χ4v) is 6.16. The van der Waals surface area contributed by atoms with E-state index >= 15 is 0 Å². The summed E-state index contributed by atoms with van der Waals surface area (Å²) in [7, 11) is -1.99. The lowest BCUT2D eigenvalue weighted by Gasteiger charge is -2.36. The average molecular weight is 504 g/mol. The first-order valence-electron chi connectivity index (χ1n) is 10.5. The number of hydrogen-bond acceptors (Lipinski definition) is 3. The lowest BCUT2D eigenvalue weighted by Crippen LogP contribution is -2.33. The molecule has 0 bridgehead atoms.